The van der Waals surface area contributed by atoms with Gasteiger partial charge in [-0.3, -0.25) is 4.79 Å². The predicted octanol–water partition coefficient (Wildman–Crippen LogP) is 4.86. The molecule has 4 rings (SSSR count). The van der Waals surface area contributed by atoms with E-state index in [9.17, 15) is 9.18 Å². The van der Waals surface area contributed by atoms with Gasteiger partial charge in [0.05, 0.1) is 25.2 Å². The fourth-order valence-corrected chi connectivity index (χ4v) is 4.18. The molecule has 8 heteroatoms. The molecule has 0 spiro atoms. The minimum Gasteiger partial charge on any atom is -0.493 e. The van der Waals surface area contributed by atoms with Gasteiger partial charge in [-0.1, -0.05) is 5.16 Å². The first kappa shape index (κ1) is 21.1. The lowest BCUT2D eigenvalue weighted by atomic mass is 10.0. The highest BCUT2D eigenvalue weighted by Gasteiger charge is 2.26. The van der Waals surface area contributed by atoms with Crippen LogP contribution in [-0.2, 0) is 17.8 Å². The number of ether oxygens (including phenoxy) is 2. The van der Waals surface area contributed by atoms with Crippen molar-refractivity contribution < 1.29 is 23.2 Å². The molecule has 3 aromatic rings. The summed E-state index contributed by atoms with van der Waals surface area (Å²) in [6, 6.07) is 9.76. The van der Waals surface area contributed by atoms with E-state index >= 15 is 0 Å². The van der Waals surface area contributed by atoms with Gasteiger partial charge in [0.2, 0.25) is 5.91 Å². The van der Waals surface area contributed by atoms with Gasteiger partial charge in [-0.05, 0) is 70.4 Å². The number of carbonyl (C=O) groups is 1. The van der Waals surface area contributed by atoms with E-state index < -0.39 is 0 Å². The number of carbonyl (C=O) groups excluding carboxylic acids is 1. The van der Waals surface area contributed by atoms with E-state index in [1.54, 1.807) is 43.4 Å². The van der Waals surface area contributed by atoms with Crippen molar-refractivity contribution in [1.29, 1.82) is 0 Å². The van der Waals surface area contributed by atoms with Crippen LogP contribution in [0.4, 0.5) is 4.39 Å². The maximum absolute atomic E-state index is 13.2. The summed E-state index contributed by atoms with van der Waals surface area (Å²) in [4.78, 5) is 14.4. The van der Waals surface area contributed by atoms with Crippen LogP contribution >= 0.6 is 15.9 Å². The first-order valence-corrected chi connectivity index (χ1v) is 10.4. The van der Waals surface area contributed by atoms with Gasteiger partial charge >= 0.3 is 0 Å². The molecule has 2 heterocycles. The Bertz CT molecular complexity index is 1140. The zero-order valence-corrected chi connectivity index (χ0v) is 18.6. The fraction of sp³-hybridized carbons (Fsp3) is 0.217. The molecule has 6 nitrogen and oxygen atoms in total. The van der Waals surface area contributed by atoms with Crippen LogP contribution in [0.25, 0.3) is 17.4 Å². The molecule has 0 fully saturated rings. The van der Waals surface area contributed by atoms with Gasteiger partial charge in [0.15, 0.2) is 17.3 Å². The highest BCUT2D eigenvalue weighted by molar-refractivity contribution is 9.10. The molecule has 0 aliphatic carbocycles. The van der Waals surface area contributed by atoms with Crippen molar-refractivity contribution in [3.63, 3.8) is 0 Å². The van der Waals surface area contributed by atoms with Crippen LogP contribution in [0.3, 0.4) is 0 Å². The Morgan fingerprint density at radius 2 is 2.00 bits per heavy atom. The predicted molar refractivity (Wildman–Crippen MR) is 117 cm³/mol. The number of aromatic nitrogens is 1. The Morgan fingerprint density at radius 3 is 2.71 bits per heavy atom. The van der Waals surface area contributed by atoms with Crippen molar-refractivity contribution in [2.75, 3.05) is 20.8 Å². The van der Waals surface area contributed by atoms with Crippen molar-refractivity contribution in [2.45, 2.75) is 13.0 Å². The fourth-order valence-electron chi connectivity index (χ4n) is 3.55. The summed E-state index contributed by atoms with van der Waals surface area (Å²) in [6.45, 7) is 0.903. The molecule has 0 saturated carbocycles. The minimum atomic E-state index is -0.304. The van der Waals surface area contributed by atoms with Gasteiger partial charge in [-0.15, -0.1) is 0 Å². The topological polar surface area (TPSA) is 64.8 Å². The molecule has 0 bridgehead atoms. The zero-order valence-electron chi connectivity index (χ0n) is 17.0. The van der Waals surface area contributed by atoms with Crippen LogP contribution < -0.4 is 9.47 Å². The number of nitrogens with zero attached hydrogens (tertiary/aromatic N) is 2. The molecule has 1 aromatic heterocycles. The van der Waals surface area contributed by atoms with Crippen LogP contribution in [0, 0.1) is 5.82 Å². The summed E-state index contributed by atoms with van der Waals surface area (Å²) in [5.74, 6) is 1.37. The standard InChI is InChI=1S/C23H20BrFN2O4/c1-29-20-12-14(11-18(24)23(20)30-2)3-8-21(28)27-10-9-17-19(13-27)26-31-22(17)15-4-6-16(25)7-5-15/h3-8,11-12H,9-10,13H2,1-2H3/b8-3+. The molecule has 1 aliphatic heterocycles. The van der Waals surface area contributed by atoms with E-state index in [4.69, 9.17) is 14.0 Å². The lowest BCUT2D eigenvalue weighted by molar-refractivity contribution is -0.126. The van der Waals surface area contributed by atoms with E-state index in [0.717, 1.165) is 26.9 Å². The average molecular weight is 487 g/mol. The molecule has 0 radical (unpaired) electrons. The Labute approximate surface area is 187 Å². The third-order valence-corrected chi connectivity index (χ3v) is 5.72. The molecule has 1 amide bonds. The maximum Gasteiger partial charge on any atom is 0.246 e. The molecule has 160 valence electrons. The van der Waals surface area contributed by atoms with Crippen LogP contribution in [0.2, 0.25) is 0 Å². The summed E-state index contributed by atoms with van der Waals surface area (Å²) in [6.07, 6.45) is 3.88. The van der Waals surface area contributed by atoms with Crippen LogP contribution in [0.1, 0.15) is 16.8 Å². The maximum atomic E-state index is 13.2. The molecule has 0 N–H and O–H groups in total. The largest absolute Gasteiger partial charge is 0.493 e. The first-order chi connectivity index (χ1) is 15.0. The number of hydrogen-bond acceptors (Lipinski definition) is 5. The number of methoxy groups -OCH3 is 2. The molecule has 0 unspecified atom stereocenters. The normalized spacial score (nSPS) is 13.4. The van der Waals surface area contributed by atoms with E-state index in [1.165, 1.54) is 18.2 Å². The summed E-state index contributed by atoms with van der Waals surface area (Å²) < 4.78 is 30.1. The van der Waals surface area contributed by atoms with Crippen molar-refractivity contribution in [1.82, 2.24) is 10.1 Å². The zero-order chi connectivity index (χ0) is 22.0. The van der Waals surface area contributed by atoms with Gasteiger partial charge in [0.1, 0.15) is 11.5 Å². The van der Waals surface area contributed by atoms with Crippen LogP contribution in [-0.4, -0.2) is 36.7 Å². The van der Waals surface area contributed by atoms with Gasteiger partial charge in [-0.25, -0.2) is 4.39 Å². The van der Waals surface area contributed by atoms with Crippen molar-refractivity contribution in [2.24, 2.45) is 0 Å². The van der Waals surface area contributed by atoms with Gasteiger partial charge in [0, 0.05) is 23.7 Å². The molecule has 0 atom stereocenters. The van der Waals surface area contributed by atoms with E-state index in [0.29, 0.717) is 36.8 Å². The Kier molecular flexibility index (Phi) is 6.08. The van der Waals surface area contributed by atoms with Crippen molar-refractivity contribution in [3.8, 4) is 22.8 Å². The number of rotatable bonds is 5. The summed E-state index contributed by atoms with van der Waals surface area (Å²) in [5, 5.41) is 4.14. The number of hydrogen-bond donors (Lipinski definition) is 0. The second-order valence-corrected chi connectivity index (χ2v) is 7.88. The minimum absolute atomic E-state index is 0.122. The molecular weight excluding hydrogens is 467 g/mol. The van der Waals surface area contributed by atoms with Gasteiger partial charge in [0.25, 0.3) is 0 Å². The van der Waals surface area contributed by atoms with Crippen molar-refractivity contribution >= 4 is 27.9 Å². The molecule has 2 aromatic carbocycles. The number of amides is 1. The number of fused-ring (bicyclic) bond motifs is 1. The second-order valence-electron chi connectivity index (χ2n) is 7.03. The summed E-state index contributed by atoms with van der Waals surface area (Å²) >= 11 is 3.45. The quantitative estimate of drug-likeness (QED) is 0.481. The number of halogens is 2. The Hall–Kier alpha value is -3.13. The summed E-state index contributed by atoms with van der Waals surface area (Å²) in [7, 11) is 3.13. The Balaban J connectivity index is 1.48. The monoisotopic (exact) mass is 486 g/mol. The average Bonchev–Trinajstić information content (AvgIpc) is 3.20. The molecule has 1 aliphatic rings. The summed E-state index contributed by atoms with van der Waals surface area (Å²) in [5.41, 5.74) is 3.26. The molecular formula is C23H20BrFN2O4. The Morgan fingerprint density at radius 1 is 1.23 bits per heavy atom. The van der Waals surface area contributed by atoms with Gasteiger partial charge in [-0.2, -0.15) is 0 Å². The smallest absolute Gasteiger partial charge is 0.246 e. The number of benzene rings is 2. The first-order valence-electron chi connectivity index (χ1n) is 9.62. The van der Waals surface area contributed by atoms with Crippen LogP contribution in [0.5, 0.6) is 11.5 Å². The highest BCUT2D eigenvalue weighted by Crippen LogP contribution is 2.36. The van der Waals surface area contributed by atoms with E-state index in [1.807, 2.05) is 6.07 Å². The van der Waals surface area contributed by atoms with Crippen LogP contribution in [0.15, 0.2) is 51.5 Å². The third-order valence-electron chi connectivity index (χ3n) is 5.13. The van der Waals surface area contributed by atoms with Gasteiger partial charge < -0.3 is 18.9 Å². The van der Waals surface area contributed by atoms with Crippen molar-refractivity contribution in [3.05, 3.63) is 69.6 Å². The lowest BCUT2D eigenvalue weighted by Crippen LogP contribution is -2.34. The second kappa shape index (κ2) is 8.93. The van der Waals surface area contributed by atoms with E-state index in [2.05, 4.69) is 21.1 Å². The third kappa shape index (κ3) is 4.34. The molecule has 0 saturated heterocycles. The van der Waals surface area contributed by atoms with E-state index in [-0.39, 0.29) is 11.7 Å². The molecule has 31 heavy (non-hydrogen) atoms. The lowest BCUT2D eigenvalue weighted by Gasteiger charge is -2.24. The SMILES string of the molecule is COc1cc(/C=C/C(=O)N2CCc3c(noc3-c3ccc(F)cc3)C2)cc(Br)c1OC. The highest BCUT2D eigenvalue weighted by atomic mass is 79.9.